The highest BCUT2D eigenvalue weighted by atomic mass is 35.5. The predicted molar refractivity (Wildman–Crippen MR) is 76.9 cm³/mol. The fraction of sp³-hybridized carbons (Fsp3) is 0.154. The Labute approximate surface area is 124 Å². The summed E-state index contributed by atoms with van der Waals surface area (Å²) in [6.07, 6.45) is 1.69. The normalized spacial score (nSPS) is 9.85. The van der Waals surface area contributed by atoms with Gasteiger partial charge in [0, 0.05) is 16.8 Å². The molecule has 7 heteroatoms. The first-order valence-corrected chi connectivity index (χ1v) is 6.80. The lowest BCUT2D eigenvalue weighted by Gasteiger charge is -2.07. The molecule has 0 saturated heterocycles. The predicted octanol–water partition coefficient (Wildman–Crippen LogP) is 3.07. The van der Waals surface area contributed by atoms with Crippen LogP contribution in [0.25, 0.3) is 0 Å². The summed E-state index contributed by atoms with van der Waals surface area (Å²) in [7, 11) is 1.28. The Morgan fingerprint density at radius 3 is 3.00 bits per heavy atom. The van der Waals surface area contributed by atoms with Crippen molar-refractivity contribution in [3.05, 3.63) is 44.9 Å². The molecule has 20 heavy (non-hydrogen) atoms. The maximum Gasteiger partial charge on any atom is 0.339 e. The van der Waals surface area contributed by atoms with Gasteiger partial charge in [-0.25, -0.2) is 9.78 Å². The molecular weight excluding hydrogens is 298 g/mol. The van der Waals surface area contributed by atoms with Crippen molar-refractivity contribution < 1.29 is 9.53 Å². The molecule has 0 amide bonds. The molecule has 1 aromatic heterocycles. The van der Waals surface area contributed by atoms with Crippen LogP contribution < -0.4 is 5.32 Å². The zero-order valence-corrected chi connectivity index (χ0v) is 12.1. The molecule has 0 aliphatic heterocycles. The van der Waals surface area contributed by atoms with Gasteiger partial charge in [-0.2, -0.15) is 5.26 Å². The third-order valence-electron chi connectivity index (χ3n) is 2.54. The zero-order valence-electron chi connectivity index (χ0n) is 10.5. The summed E-state index contributed by atoms with van der Waals surface area (Å²) < 4.78 is 5.14. The van der Waals surface area contributed by atoms with Gasteiger partial charge in [0.05, 0.1) is 24.8 Å². The number of halogens is 1. The first-order valence-electron chi connectivity index (χ1n) is 5.60. The molecule has 102 valence electrons. The van der Waals surface area contributed by atoms with Gasteiger partial charge in [0.1, 0.15) is 6.07 Å². The monoisotopic (exact) mass is 307 g/mol. The molecule has 0 aliphatic rings. The van der Waals surface area contributed by atoms with Gasteiger partial charge in [-0.3, -0.25) is 0 Å². The maximum absolute atomic E-state index is 11.6. The summed E-state index contributed by atoms with van der Waals surface area (Å²) in [4.78, 5) is 16.5. The van der Waals surface area contributed by atoms with Crippen molar-refractivity contribution in [1.82, 2.24) is 4.98 Å². The van der Waals surface area contributed by atoms with E-state index in [1.807, 2.05) is 6.07 Å². The van der Waals surface area contributed by atoms with Crippen LogP contribution in [0.3, 0.4) is 0 Å². The Hall–Kier alpha value is -2.10. The van der Waals surface area contributed by atoms with Crippen LogP contribution in [-0.4, -0.2) is 18.1 Å². The van der Waals surface area contributed by atoms with Gasteiger partial charge < -0.3 is 10.1 Å². The smallest absolute Gasteiger partial charge is 0.339 e. The molecule has 2 rings (SSSR count). The Kier molecular flexibility index (Phi) is 4.56. The lowest BCUT2D eigenvalue weighted by atomic mass is 10.1. The minimum absolute atomic E-state index is 0.238. The van der Waals surface area contributed by atoms with E-state index in [4.69, 9.17) is 16.9 Å². The molecule has 2 aromatic rings. The van der Waals surface area contributed by atoms with Crippen molar-refractivity contribution in [3.63, 3.8) is 0 Å². The summed E-state index contributed by atoms with van der Waals surface area (Å²) in [5.41, 5.74) is 1.24. The molecule has 0 saturated carbocycles. The van der Waals surface area contributed by atoms with Crippen molar-refractivity contribution >= 4 is 34.6 Å². The van der Waals surface area contributed by atoms with Gasteiger partial charge in [0.15, 0.2) is 4.47 Å². The van der Waals surface area contributed by atoms with Gasteiger partial charge in [0.2, 0.25) is 0 Å². The number of benzene rings is 1. The second kappa shape index (κ2) is 6.37. The van der Waals surface area contributed by atoms with E-state index in [0.717, 1.165) is 4.88 Å². The minimum Gasteiger partial charge on any atom is -0.465 e. The van der Waals surface area contributed by atoms with Gasteiger partial charge in [0.25, 0.3) is 0 Å². The van der Waals surface area contributed by atoms with E-state index < -0.39 is 5.97 Å². The molecule has 0 bridgehead atoms. The number of hydrogen-bond acceptors (Lipinski definition) is 6. The van der Waals surface area contributed by atoms with Crippen LogP contribution in [0.1, 0.15) is 20.8 Å². The number of nitrogens with one attached hydrogen (secondary N) is 1. The lowest BCUT2D eigenvalue weighted by molar-refractivity contribution is 0.0600. The van der Waals surface area contributed by atoms with E-state index in [0.29, 0.717) is 16.7 Å². The number of rotatable bonds is 4. The molecule has 0 radical (unpaired) electrons. The van der Waals surface area contributed by atoms with Gasteiger partial charge in [-0.15, -0.1) is 11.3 Å². The van der Waals surface area contributed by atoms with E-state index in [9.17, 15) is 4.79 Å². The van der Waals surface area contributed by atoms with Crippen molar-refractivity contribution in [2.45, 2.75) is 6.54 Å². The number of nitriles is 1. The Balaban J connectivity index is 2.17. The van der Waals surface area contributed by atoms with E-state index in [1.54, 1.807) is 24.4 Å². The quantitative estimate of drug-likeness (QED) is 0.879. The zero-order chi connectivity index (χ0) is 14.5. The number of carbonyl (C=O) groups is 1. The first kappa shape index (κ1) is 14.3. The van der Waals surface area contributed by atoms with Crippen LogP contribution in [0.15, 0.2) is 24.4 Å². The van der Waals surface area contributed by atoms with Gasteiger partial charge in [-0.05, 0) is 18.2 Å². The number of ether oxygens (including phenoxy) is 1. The number of aromatic nitrogens is 1. The van der Waals surface area contributed by atoms with Crippen LogP contribution in [0, 0.1) is 11.3 Å². The van der Waals surface area contributed by atoms with Gasteiger partial charge >= 0.3 is 5.97 Å². The highest BCUT2D eigenvalue weighted by Crippen LogP contribution is 2.21. The van der Waals surface area contributed by atoms with Crippen molar-refractivity contribution in [2.24, 2.45) is 0 Å². The second-order valence-electron chi connectivity index (χ2n) is 3.80. The molecule has 1 aromatic carbocycles. The van der Waals surface area contributed by atoms with Crippen LogP contribution in [0.4, 0.5) is 5.69 Å². The van der Waals surface area contributed by atoms with Crippen LogP contribution in [0.2, 0.25) is 4.47 Å². The SMILES string of the molecule is COC(=O)c1cc(NCc2cnc(Cl)s2)ccc1C#N. The van der Waals surface area contributed by atoms with E-state index in [-0.39, 0.29) is 11.1 Å². The third-order valence-corrected chi connectivity index (χ3v) is 3.65. The summed E-state index contributed by atoms with van der Waals surface area (Å²) >= 11 is 7.13. The van der Waals surface area contributed by atoms with Crippen molar-refractivity contribution in [3.8, 4) is 6.07 Å². The van der Waals surface area contributed by atoms with E-state index in [1.165, 1.54) is 18.4 Å². The van der Waals surface area contributed by atoms with Crippen LogP contribution >= 0.6 is 22.9 Å². The Morgan fingerprint density at radius 2 is 2.40 bits per heavy atom. The fourth-order valence-corrected chi connectivity index (χ4v) is 2.50. The largest absolute Gasteiger partial charge is 0.465 e. The first-order chi connectivity index (χ1) is 9.63. The average molecular weight is 308 g/mol. The molecular formula is C13H10ClN3O2S. The van der Waals surface area contributed by atoms with Gasteiger partial charge in [-0.1, -0.05) is 11.6 Å². The summed E-state index contributed by atoms with van der Waals surface area (Å²) in [6.45, 7) is 0.539. The average Bonchev–Trinajstić information content (AvgIpc) is 2.89. The third kappa shape index (κ3) is 3.26. The molecule has 0 fully saturated rings. The summed E-state index contributed by atoms with van der Waals surface area (Å²) in [5.74, 6) is -0.536. The molecule has 0 atom stereocenters. The molecule has 1 heterocycles. The minimum atomic E-state index is -0.536. The second-order valence-corrected chi connectivity index (χ2v) is 5.49. The highest BCUT2D eigenvalue weighted by molar-refractivity contribution is 7.15. The molecule has 0 aliphatic carbocycles. The van der Waals surface area contributed by atoms with Crippen LogP contribution in [0.5, 0.6) is 0 Å². The van der Waals surface area contributed by atoms with Crippen LogP contribution in [-0.2, 0) is 11.3 Å². The topological polar surface area (TPSA) is 75.0 Å². The number of esters is 1. The van der Waals surface area contributed by atoms with E-state index in [2.05, 4.69) is 15.0 Å². The van der Waals surface area contributed by atoms with Crippen molar-refractivity contribution in [1.29, 1.82) is 5.26 Å². The highest BCUT2D eigenvalue weighted by Gasteiger charge is 2.12. The fourth-order valence-electron chi connectivity index (χ4n) is 1.59. The van der Waals surface area contributed by atoms with E-state index >= 15 is 0 Å². The standard InChI is InChI=1S/C13H10ClN3O2S/c1-19-12(18)11-4-9(3-2-8(11)5-15)16-6-10-7-17-13(14)20-10/h2-4,7,16H,6H2,1H3. The number of methoxy groups -OCH3 is 1. The number of anilines is 1. The number of nitrogens with zero attached hydrogens (tertiary/aromatic N) is 2. The Bertz CT molecular complexity index is 678. The summed E-state index contributed by atoms with van der Waals surface area (Å²) in [5, 5.41) is 12.1. The molecule has 0 unspecified atom stereocenters. The summed E-state index contributed by atoms with van der Waals surface area (Å²) in [6, 6.07) is 6.86. The Morgan fingerprint density at radius 1 is 1.60 bits per heavy atom. The lowest BCUT2D eigenvalue weighted by Crippen LogP contribution is -2.06. The number of thiazole rings is 1. The molecule has 0 spiro atoms. The molecule has 1 N–H and O–H groups in total. The number of hydrogen-bond donors (Lipinski definition) is 1. The number of carbonyl (C=O) groups excluding carboxylic acids is 1. The maximum atomic E-state index is 11.6. The van der Waals surface area contributed by atoms with Crippen molar-refractivity contribution in [2.75, 3.05) is 12.4 Å². The molecule has 5 nitrogen and oxygen atoms in total.